The first-order valence-corrected chi connectivity index (χ1v) is 9.33. The van der Waals surface area contributed by atoms with Gasteiger partial charge < -0.3 is 10.6 Å². The third-order valence-corrected chi connectivity index (χ3v) is 4.58. The molecule has 1 unspecified atom stereocenters. The first-order chi connectivity index (χ1) is 9.86. The minimum Gasteiger partial charge on any atom is -0.315 e. The third kappa shape index (κ3) is 8.97. The number of nitrogens with one attached hydrogen (secondary N) is 2. The SMILES string of the molecule is CCCCCCC[C@@H](CCCCC)NC1CCCNC1. The largest absolute Gasteiger partial charge is 0.315 e. The summed E-state index contributed by atoms with van der Waals surface area (Å²) >= 11 is 0. The Morgan fingerprint density at radius 1 is 0.950 bits per heavy atom. The van der Waals surface area contributed by atoms with Gasteiger partial charge in [-0.25, -0.2) is 0 Å². The molecule has 0 aliphatic carbocycles. The summed E-state index contributed by atoms with van der Waals surface area (Å²) in [4.78, 5) is 0. The standard InChI is InChI=1S/C18H38N2/c1-3-5-7-8-10-13-17(12-9-6-4-2)20-18-14-11-15-19-16-18/h17-20H,3-16H2,1-2H3/t17-,18?/m1/s1. The van der Waals surface area contributed by atoms with Crippen molar-refractivity contribution in [3.05, 3.63) is 0 Å². The van der Waals surface area contributed by atoms with Crippen molar-refractivity contribution in [3.63, 3.8) is 0 Å². The van der Waals surface area contributed by atoms with E-state index in [1.165, 1.54) is 90.1 Å². The van der Waals surface area contributed by atoms with Crippen molar-refractivity contribution in [1.29, 1.82) is 0 Å². The molecule has 0 amide bonds. The zero-order valence-corrected chi connectivity index (χ0v) is 14.1. The summed E-state index contributed by atoms with van der Waals surface area (Å²) in [5.41, 5.74) is 0. The van der Waals surface area contributed by atoms with E-state index in [2.05, 4.69) is 24.5 Å². The molecule has 0 aromatic rings. The molecule has 0 saturated carbocycles. The molecule has 20 heavy (non-hydrogen) atoms. The van der Waals surface area contributed by atoms with Gasteiger partial charge >= 0.3 is 0 Å². The first-order valence-electron chi connectivity index (χ1n) is 9.33. The molecule has 1 rings (SSSR count). The van der Waals surface area contributed by atoms with Crippen LogP contribution in [0.2, 0.25) is 0 Å². The first kappa shape index (κ1) is 18.0. The van der Waals surface area contributed by atoms with Crippen molar-refractivity contribution in [2.24, 2.45) is 0 Å². The molecule has 2 heteroatoms. The molecule has 1 aliphatic rings. The molecule has 1 heterocycles. The van der Waals surface area contributed by atoms with Crippen LogP contribution in [0.3, 0.4) is 0 Å². The summed E-state index contributed by atoms with van der Waals surface area (Å²) in [5, 5.41) is 7.47. The van der Waals surface area contributed by atoms with Gasteiger partial charge in [0.15, 0.2) is 0 Å². The molecule has 0 spiro atoms. The maximum atomic E-state index is 3.94. The van der Waals surface area contributed by atoms with Gasteiger partial charge in [-0.1, -0.05) is 65.2 Å². The Hall–Kier alpha value is -0.0800. The van der Waals surface area contributed by atoms with Crippen LogP contribution in [0.25, 0.3) is 0 Å². The van der Waals surface area contributed by atoms with E-state index >= 15 is 0 Å². The number of unbranched alkanes of at least 4 members (excludes halogenated alkanes) is 6. The molecule has 0 radical (unpaired) electrons. The van der Waals surface area contributed by atoms with Crippen LogP contribution in [-0.4, -0.2) is 25.2 Å². The van der Waals surface area contributed by atoms with Crippen molar-refractivity contribution in [3.8, 4) is 0 Å². The maximum Gasteiger partial charge on any atom is 0.0195 e. The summed E-state index contributed by atoms with van der Waals surface area (Å²) in [5.74, 6) is 0. The topological polar surface area (TPSA) is 24.1 Å². The molecule has 1 saturated heterocycles. The fraction of sp³-hybridized carbons (Fsp3) is 1.00. The fourth-order valence-electron chi connectivity index (χ4n) is 3.27. The Kier molecular flexibility index (Phi) is 11.4. The number of hydrogen-bond acceptors (Lipinski definition) is 2. The number of hydrogen-bond donors (Lipinski definition) is 2. The lowest BCUT2D eigenvalue weighted by atomic mass is 9.98. The quantitative estimate of drug-likeness (QED) is 0.510. The Balaban J connectivity index is 2.19. The highest BCUT2D eigenvalue weighted by Crippen LogP contribution is 2.14. The third-order valence-electron chi connectivity index (χ3n) is 4.58. The molecule has 2 N–H and O–H groups in total. The van der Waals surface area contributed by atoms with E-state index in [9.17, 15) is 0 Å². The van der Waals surface area contributed by atoms with E-state index in [-0.39, 0.29) is 0 Å². The van der Waals surface area contributed by atoms with Crippen molar-refractivity contribution >= 4 is 0 Å². The van der Waals surface area contributed by atoms with Crippen molar-refractivity contribution < 1.29 is 0 Å². The van der Waals surface area contributed by atoms with Gasteiger partial charge in [-0.2, -0.15) is 0 Å². The predicted molar refractivity (Wildman–Crippen MR) is 90.3 cm³/mol. The molecule has 2 atom stereocenters. The predicted octanol–water partition coefficient (Wildman–Crippen LogP) is 4.64. The summed E-state index contributed by atoms with van der Waals surface area (Å²) < 4.78 is 0. The number of piperidine rings is 1. The van der Waals surface area contributed by atoms with Crippen LogP contribution in [0.1, 0.15) is 90.9 Å². The van der Waals surface area contributed by atoms with Crippen LogP contribution >= 0.6 is 0 Å². The zero-order chi connectivity index (χ0) is 14.5. The fourth-order valence-corrected chi connectivity index (χ4v) is 3.27. The van der Waals surface area contributed by atoms with Crippen LogP contribution < -0.4 is 10.6 Å². The molecular formula is C18H38N2. The van der Waals surface area contributed by atoms with Crippen LogP contribution in [0.5, 0.6) is 0 Å². The monoisotopic (exact) mass is 282 g/mol. The second-order valence-electron chi connectivity index (χ2n) is 6.61. The molecule has 0 aromatic heterocycles. The minimum atomic E-state index is 0.728. The van der Waals surface area contributed by atoms with Gasteiger partial charge in [0.2, 0.25) is 0 Å². The van der Waals surface area contributed by atoms with Gasteiger partial charge in [0.1, 0.15) is 0 Å². The minimum absolute atomic E-state index is 0.728. The van der Waals surface area contributed by atoms with Gasteiger partial charge in [0.05, 0.1) is 0 Å². The molecule has 0 aromatic carbocycles. The highest BCUT2D eigenvalue weighted by molar-refractivity contribution is 4.79. The number of rotatable bonds is 12. The normalized spacial score (nSPS) is 21.0. The van der Waals surface area contributed by atoms with E-state index in [0.717, 1.165) is 12.1 Å². The summed E-state index contributed by atoms with van der Waals surface area (Å²) in [6.07, 6.45) is 16.7. The van der Waals surface area contributed by atoms with Gasteiger partial charge in [0, 0.05) is 18.6 Å². The summed E-state index contributed by atoms with van der Waals surface area (Å²) in [6, 6.07) is 1.50. The van der Waals surface area contributed by atoms with Gasteiger partial charge in [0.25, 0.3) is 0 Å². The average Bonchev–Trinajstić information content (AvgIpc) is 2.48. The highest BCUT2D eigenvalue weighted by atomic mass is 15.0. The van der Waals surface area contributed by atoms with Crippen LogP contribution in [0, 0.1) is 0 Å². The van der Waals surface area contributed by atoms with Crippen LogP contribution in [0.4, 0.5) is 0 Å². The van der Waals surface area contributed by atoms with Gasteiger partial charge in [-0.3, -0.25) is 0 Å². The van der Waals surface area contributed by atoms with E-state index < -0.39 is 0 Å². The van der Waals surface area contributed by atoms with Gasteiger partial charge in [-0.15, -0.1) is 0 Å². The molecule has 120 valence electrons. The van der Waals surface area contributed by atoms with Crippen molar-refractivity contribution in [2.45, 2.75) is 103 Å². The molecule has 1 aliphatic heterocycles. The molecule has 0 bridgehead atoms. The highest BCUT2D eigenvalue weighted by Gasteiger charge is 2.17. The van der Waals surface area contributed by atoms with E-state index in [1.54, 1.807) is 0 Å². The second-order valence-corrected chi connectivity index (χ2v) is 6.61. The van der Waals surface area contributed by atoms with E-state index in [4.69, 9.17) is 0 Å². The van der Waals surface area contributed by atoms with Crippen LogP contribution in [-0.2, 0) is 0 Å². The van der Waals surface area contributed by atoms with Crippen molar-refractivity contribution in [2.75, 3.05) is 13.1 Å². The smallest absolute Gasteiger partial charge is 0.0195 e. The van der Waals surface area contributed by atoms with Crippen molar-refractivity contribution in [1.82, 2.24) is 10.6 Å². The van der Waals surface area contributed by atoms with Crippen LogP contribution in [0.15, 0.2) is 0 Å². The lowest BCUT2D eigenvalue weighted by molar-refractivity contribution is 0.320. The van der Waals surface area contributed by atoms with E-state index in [1.807, 2.05) is 0 Å². The Labute approximate surface area is 127 Å². The van der Waals surface area contributed by atoms with Gasteiger partial charge in [-0.05, 0) is 32.2 Å². The Bertz CT molecular complexity index is 200. The lowest BCUT2D eigenvalue weighted by Gasteiger charge is -2.29. The molecule has 2 nitrogen and oxygen atoms in total. The molecule has 1 fully saturated rings. The molecular weight excluding hydrogens is 244 g/mol. The lowest BCUT2D eigenvalue weighted by Crippen LogP contribution is -2.47. The maximum absolute atomic E-state index is 3.94. The Morgan fingerprint density at radius 3 is 2.25 bits per heavy atom. The van der Waals surface area contributed by atoms with E-state index in [0.29, 0.717) is 0 Å². The Morgan fingerprint density at radius 2 is 1.60 bits per heavy atom. The zero-order valence-electron chi connectivity index (χ0n) is 14.1. The summed E-state index contributed by atoms with van der Waals surface area (Å²) in [6.45, 7) is 7.00. The summed E-state index contributed by atoms with van der Waals surface area (Å²) in [7, 11) is 0. The second kappa shape index (κ2) is 12.6. The average molecular weight is 283 g/mol.